The van der Waals surface area contributed by atoms with Gasteiger partial charge < -0.3 is 26.0 Å². The number of nitrogens with zero attached hydrogens (tertiary/aromatic N) is 3. The maximum atomic E-state index is 13.4. The number of carbonyl (C=O) groups excluding carboxylic acids is 3. The fourth-order valence-electron chi connectivity index (χ4n) is 5.79. The molecule has 4 aliphatic rings. The van der Waals surface area contributed by atoms with Gasteiger partial charge in [0.25, 0.3) is 5.91 Å². The fraction of sp³-hybridized carbons (Fsp3) is 0.370. The zero-order valence-corrected chi connectivity index (χ0v) is 21.9. The van der Waals surface area contributed by atoms with Crippen molar-refractivity contribution >= 4 is 35.4 Å². The second-order valence-electron chi connectivity index (χ2n) is 9.89. The first-order chi connectivity index (χ1) is 19.0. The number of carbonyl (C=O) groups is 3. The van der Waals surface area contributed by atoms with Crippen LogP contribution in [-0.2, 0) is 9.59 Å². The normalized spacial score (nSPS) is 27.4. The molecule has 11 nitrogen and oxygen atoms in total. The van der Waals surface area contributed by atoms with Gasteiger partial charge in [0.2, 0.25) is 5.91 Å². The molecule has 12 heteroatoms. The van der Waals surface area contributed by atoms with Crippen LogP contribution in [0.25, 0.3) is 0 Å². The minimum absolute atomic E-state index is 0.0457. The number of anilines is 1. The average Bonchev–Trinajstić information content (AvgIpc) is 3.54. The van der Waals surface area contributed by atoms with Gasteiger partial charge in [-0.1, -0.05) is 18.3 Å². The molecule has 0 bridgehead atoms. The number of nitrogens with one attached hydrogen (secondary N) is 4. The molecule has 0 radical (unpaired) electrons. The van der Waals surface area contributed by atoms with E-state index in [-0.39, 0.29) is 47.3 Å². The lowest BCUT2D eigenvalue weighted by molar-refractivity contribution is -0.119. The van der Waals surface area contributed by atoms with Gasteiger partial charge in [0.05, 0.1) is 28.7 Å². The van der Waals surface area contributed by atoms with Gasteiger partial charge in [0, 0.05) is 29.9 Å². The molecule has 6 rings (SSSR count). The SMILES string of the molecule is C=CC(=O)N[C@H]1CCC[C@H]1NC(=O)C1=C2NC(=O)N(c3ccc(Oc4cccnc4)cn3)C3CCNC(S1)C23. The molecule has 2 saturated heterocycles. The number of hydrogen-bond acceptors (Lipinski definition) is 8. The molecule has 5 atom stereocenters. The van der Waals surface area contributed by atoms with Crippen molar-refractivity contribution in [2.45, 2.75) is 49.2 Å². The van der Waals surface area contributed by atoms with Crippen molar-refractivity contribution in [3.63, 3.8) is 0 Å². The van der Waals surface area contributed by atoms with Gasteiger partial charge in [0.1, 0.15) is 17.3 Å². The minimum Gasteiger partial charge on any atom is -0.454 e. The zero-order valence-electron chi connectivity index (χ0n) is 21.1. The Labute approximate surface area is 229 Å². The second-order valence-corrected chi connectivity index (χ2v) is 11.0. The van der Waals surface area contributed by atoms with Crippen molar-refractivity contribution in [2.24, 2.45) is 5.92 Å². The highest BCUT2D eigenvalue weighted by Gasteiger charge is 2.52. The number of aromatic nitrogens is 2. The Morgan fingerprint density at radius 1 is 1.13 bits per heavy atom. The van der Waals surface area contributed by atoms with Gasteiger partial charge in [-0.25, -0.2) is 9.78 Å². The van der Waals surface area contributed by atoms with Crippen molar-refractivity contribution in [1.29, 1.82) is 0 Å². The predicted octanol–water partition coefficient (Wildman–Crippen LogP) is 2.40. The zero-order chi connectivity index (χ0) is 26.9. The standard InChI is InChI=1S/C27H29N7O4S/c1-2-21(35)31-17-6-3-7-18(17)32-25(36)24-23-22-19(10-12-29-26(22)39-24)34(27(37)33-23)20-9-8-16(14-30-20)38-15-5-4-11-28-13-15/h2,4-5,8-9,11,13-14,17-19,22,26,29H,1,3,6-7,10,12H2,(H,31,35)(H,32,36)(H,33,37)/t17-,18+,19?,22?,26?/m0/s1. The number of piperidine rings is 1. The Balaban J connectivity index is 1.20. The number of urea groups is 1. The molecule has 3 aliphatic heterocycles. The van der Waals surface area contributed by atoms with Crippen molar-refractivity contribution < 1.29 is 19.1 Å². The summed E-state index contributed by atoms with van der Waals surface area (Å²) in [5.74, 6) is 1.10. The predicted molar refractivity (Wildman–Crippen MR) is 146 cm³/mol. The lowest BCUT2D eigenvalue weighted by Gasteiger charge is -2.45. The minimum atomic E-state index is -0.315. The third kappa shape index (κ3) is 4.97. The topological polar surface area (TPSA) is 138 Å². The summed E-state index contributed by atoms with van der Waals surface area (Å²) in [5, 5.41) is 12.5. The van der Waals surface area contributed by atoms with E-state index in [4.69, 9.17) is 4.74 Å². The summed E-state index contributed by atoms with van der Waals surface area (Å²) in [7, 11) is 0. The number of amides is 4. The number of pyridine rings is 2. The summed E-state index contributed by atoms with van der Waals surface area (Å²) < 4.78 is 5.79. The lowest BCUT2D eigenvalue weighted by atomic mass is 9.86. The van der Waals surface area contributed by atoms with Gasteiger partial charge >= 0.3 is 6.03 Å². The smallest absolute Gasteiger partial charge is 0.327 e. The first-order valence-electron chi connectivity index (χ1n) is 13.0. The molecule has 39 heavy (non-hydrogen) atoms. The Hall–Kier alpha value is -3.90. The molecule has 5 heterocycles. The summed E-state index contributed by atoms with van der Waals surface area (Å²) in [6, 6.07) is 6.35. The Morgan fingerprint density at radius 2 is 1.95 bits per heavy atom. The van der Waals surface area contributed by atoms with Gasteiger partial charge in [-0.05, 0) is 62.6 Å². The fourth-order valence-corrected chi connectivity index (χ4v) is 7.19. The number of thioether (sulfide) groups is 1. The van der Waals surface area contributed by atoms with E-state index in [1.54, 1.807) is 47.8 Å². The first-order valence-corrected chi connectivity index (χ1v) is 13.9. The molecule has 1 aliphatic carbocycles. The monoisotopic (exact) mass is 547 g/mol. The summed E-state index contributed by atoms with van der Waals surface area (Å²) >= 11 is 1.45. The molecular weight excluding hydrogens is 518 g/mol. The van der Waals surface area contributed by atoms with E-state index in [0.29, 0.717) is 34.5 Å². The lowest BCUT2D eigenvalue weighted by Crippen LogP contribution is -2.62. The molecule has 2 aromatic rings. The third-order valence-corrected chi connectivity index (χ3v) is 8.89. The maximum Gasteiger partial charge on any atom is 0.327 e. The van der Waals surface area contributed by atoms with E-state index >= 15 is 0 Å². The molecule has 4 amide bonds. The highest BCUT2D eigenvalue weighted by atomic mass is 32.2. The van der Waals surface area contributed by atoms with E-state index in [0.717, 1.165) is 25.7 Å². The number of hydrogen-bond donors (Lipinski definition) is 4. The Kier molecular flexibility index (Phi) is 6.96. The Morgan fingerprint density at radius 3 is 2.69 bits per heavy atom. The van der Waals surface area contributed by atoms with Crippen LogP contribution in [0.5, 0.6) is 11.5 Å². The van der Waals surface area contributed by atoms with Crippen LogP contribution in [-0.4, -0.2) is 57.9 Å². The molecule has 3 unspecified atom stereocenters. The molecule has 0 spiro atoms. The van der Waals surface area contributed by atoms with E-state index in [9.17, 15) is 14.4 Å². The molecular formula is C27H29N7O4S. The van der Waals surface area contributed by atoms with Gasteiger partial charge in [0.15, 0.2) is 0 Å². The van der Waals surface area contributed by atoms with Crippen LogP contribution in [0.2, 0.25) is 0 Å². The van der Waals surface area contributed by atoms with E-state index in [2.05, 4.69) is 37.8 Å². The molecule has 4 N–H and O–H groups in total. The van der Waals surface area contributed by atoms with Crippen LogP contribution < -0.4 is 30.9 Å². The van der Waals surface area contributed by atoms with Gasteiger partial charge in [-0.3, -0.25) is 19.5 Å². The summed E-state index contributed by atoms with van der Waals surface area (Å²) in [4.78, 5) is 49.5. The van der Waals surface area contributed by atoms with E-state index in [1.165, 1.54) is 17.8 Å². The largest absolute Gasteiger partial charge is 0.454 e. The van der Waals surface area contributed by atoms with Crippen molar-refractivity contribution in [3.8, 4) is 11.5 Å². The van der Waals surface area contributed by atoms with Gasteiger partial charge in [-0.15, -0.1) is 0 Å². The van der Waals surface area contributed by atoms with Crippen molar-refractivity contribution in [2.75, 3.05) is 11.4 Å². The van der Waals surface area contributed by atoms with Crippen LogP contribution in [0.15, 0.2) is 66.1 Å². The molecule has 202 valence electrons. The van der Waals surface area contributed by atoms with Crippen LogP contribution >= 0.6 is 11.8 Å². The van der Waals surface area contributed by atoms with E-state index < -0.39 is 0 Å². The molecule has 1 saturated carbocycles. The average molecular weight is 548 g/mol. The van der Waals surface area contributed by atoms with Crippen molar-refractivity contribution in [3.05, 3.63) is 66.1 Å². The Bertz CT molecular complexity index is 1320. The van der Waals surface area contributed by atoms with Gasteiger partial charge in [-0.2, -0.15) is 0 Å². The second kappa shape index (κ2) is 10.7. The number of ether oxygens (including phenoxy) is 1. The van der Waals surface area contributed by atoms with Crippen LogP contribution in [0.3, 0.4) is 0 Å². The summed E-state index contributed by atoms with van der Waals surface area (Å²) in [5.41, 5.74) is 0.655. The molecule has 2 aromatic heterocycles. The van der Waals surface area contributed by atoms with Crippen molar-refractivity contribution in [1.82, 2.24) is 31.2 Å². The van der Waals surface area contributed by atoms with Crippen LogP contribution in [0.4, 0.5) is 10.6 Å². The molecule has 3 fully saturated rings. The summed E-state index contributed by atoms with van der Waals surface area (Å²) in [6.45, 7) is 4.22. The van der Waals surface area contributed by atoms with E-state index in [1.807, 2.05) is 0 Å². The quantitative estimate of drug-likeness (QED) is 0.388. The first kappa shape index (κ1) is 25.4. The van der Waals surface area contributed by atoms with Crippen LogP contribution in [0, 0.1) is 5.92 Å². The maximum absolute atomic E-state index is 13.4. The number of rotatable bonds is 7. The highest BCUT2D eigenvalue weighted by molar-refractivity contribution is 8.04. The van der Waals surface area contributed by atoms with Crippen LogP contribution in [0.1, 0.15) is 25.7 Å². The highest BCUT2D eigenvalue weighted by Crippen LogP contribution is 2.47. The molecule has 0 aromatic carbocycles. The summed E-state index contributed by atoms with van der Waals surface area (Å²) in [6.07, 6.45) is 9.32. The third-order valence-electron chi connectivity index (χ3n) is 7.53.